The average molecular weight is 549 g/mol. The minimum absolute atomic E-state index is 0.00819. The van der Waals surface area contributed by atoms with Crippen LogP contribution < -0.4 is 4.90 Å². The highest BCUT2D eigenvalue weighted by Crippen LogP contribution is 2.41. The summed E-state index contributed by atoms with van der Waals surface area (Å²) in [5.41, 5.74) is 8.14. The van der Waals surface area contributed by atoms with Crippen LogP contribution in [0.25, 0.3) is 17.0 Å². The Morgan fingerprint density at radius 2 is 1.85 bits per heavy atom. The standard InChI is InChI=1S/C33H36N6O2/c1-37-14-16-38(17-15-37)33-34-20-23(21-35-33)9-10-30(40)39-13-11-28-27-7-2-3-8-29(27)36-31(28)32(39)25-5-4-6-26-22-41-18-12-24(26)19-25/h2-3,5-10,19-21,32,36H,4,11-18,22H2,1H3/b10-9+/t32-/m1/s1. The van der Waals surface area contributed by atoms with Crippen LogP contribution in [0.5, 0.6) is 0 Å². The predicted molar refractivity (Wildman–Crippen MR) is 162 cm³/mol. The fraction of sp³-hybridized carbons (Fsp3) is 0.364. The molecule has 1 atom stereocenters. The largest absolute Gasteiger partial charge is 0.376 e. The van der Waals surface area contributed by atoms with Gasteiger partial charge < -0.3 is 24.4 Å². The van der Waals surface area contributed by atoms with E-state index >= 15 is 0 Å². The molecule has 0 radical (unpaired) electrons. The number of likely N-dealkylation sites (N-methyl/N-ethyl adjacent to an activating group) is 1. The zero-order valence-corrected chi connectivity index (χ0v) is 23.6. The number of carbonyl (C=O) groups excluding carboxylic acids is 1. The number of amides is 1. The van der Waals surface area contributed by atoms with Gasteiger partial charge in [0, 0.05) is 73.4 Å². The SMILES string of the molecule is CN1CCN(c2ncc(/C=C/C(=O)N3CCc4c([nH]c5ccccc45)[C@H]3C3=CCC=C4COCCC4=C3)cn2)CC1. The normalized spacial score (nSPS) is 21.7. The molecule has 0 saturated carbocycles. The number of carbonyl (C=O) groups is 1. The first-order valence-electron chi connectivity index (χ1n) is 14.7. The van der Waals surface area contributed by atoms with Crippen molar-refractivity contribution in [2.75, 3.05) is 57.9 Å². The molecule has 1 amide bonds. The van der Waals surface area contributed by atoms with Crippen LogP contribution in [0, 0.1) is 0 Å². The number of aromatic amines is 1. The molecule has 2 fully saturated rings. The van der Waals surface area contributed by atoms with Gasteiger partial charge in [0.2, 0.25) is 11.9 Å². The number of benzene rings is 1. The van der Waals surface area contributed by atoms with E-state index in [1.165, 1.54) is 27.7 Å². The van der Waals surface area contributed by atoms with Gasteiger partial charge in [0.05, 0.1) is 19.3 Å². The molecule has 1 aliphatic carbocycles. The first-order chi connectivity index (χ1) is 20.1. The second-order valence-electron chi connectivity index (χ2n) is 11.3. The van der Waals surface area contributed by atoms with Crippen molar-refractivity contribution in [1.29, 1.82) is 0 Å². The van der Waals surface area contributed by atoms with Crippen molar-refractivity contribution in [2.24, 2.45) is 0 Å². The third-order valence-corrected chi connectivity index (χ3v) is 8.74. The number of fused-ring (bicyclic) bond motifs is 4. The molecule has 2 aromatic heterocycles. The number of hydrogen-bond acceptors (Lipinski definition) is 6. The molecule has 2 saturated heterocycles. The molecule has 1 aromatic carbocycles. The van der Waals surface area contributed by atoms with Crippen molar-refractivity contribution >= 4 is 28.8 Å². The van der Waals surface area contributed by atoms with Crippen molar-refractivity contribution in [1.82, 2.24) is 24.8 Å². The number of nitrogens with one attached hydrogen (secondary N) is 1. The zero-order chi connectivity index (χ0) is 27.8. The zero-order valence-electron chi connectivity index (χ0n) is 23.6. The number of piperazine rings is 1. The summed E-state index contributed by atoms with van der Waals surface area (Å²) in [6.45, 7) is 5.92. The van der Waals surface area contributed by atoms with Crippen LogP contribution >= 0.6 is 0 Å². The van der Waals surface area contributed by atoms with E-state index in [9.17, 15) is 4.79 Å². The van der Waals surface area contributed by atoms with Gasteiger partial charge in [-0.2, -0.15) is 0 Å². The molecule has 3 aliphatic heterocycles. The van der Waals surface area contributed by atoms with Crippen LogP contribution in [0.4, 0.5) is 5.95 Å². The van der Waals surface area contributed by atoms with Gasteiger partial charge >= 0.3 is 0 Å². The van der Waals surface area contributed by atoms with E-state index in [0.29, 0.717) is 13.2 Å². The van der Waals surface area contributed by atoms with E-state index in [1.807, 2.05) is 23.4 Å². The Bertz CT molecular complexity index is 1570. The Balaban J connectivity index is 1.17. The van der Waals surface area contributed by atoms with Gasteiger partial charge in [-0.05, 0) is 60.7 Å². The molecule has 5 heterocycles. The summed E-state index contributed by atoms with van der Waals surface area (Å²) in [4.78, 5) is 33.3. The molecule has 210 valence electrons. The van der Waals surface area contributed by atoms with Crippen molar-refractivity contribution in [3.8, 4) is 0 Å². The Labute approximate surface area is 240 Å². The summed E-state index contributed by atoms with van der Waals surface area (Å²) < 4.78 is 5.72. The molecule has 4 aliphatic rings. The number of rotatable bonds is 4. The molecule has 3 aromatic rings. The Kier molecular flexibility index (Phi) is 7.02. The predicted octanol–water partition coefficient (Wildman–Crippen LogP) is 4.45. The Morgan fingerprint density at radius 1 is 1.02 bits per heavy atom. The highest BCUT2D eigenvalue weighted by molar-refractivity contribution is 5.93. The molecule has 1 N–H and O–H groups in total. The van der Waals surface area contributed by atoms with Crippen LogP contribution in [-0.4, -0.2) is 83.6 Å². The van der Waals surface area contributed by atoms with Gasteiger partial charge in [0.15, 0.2) is 0 Å². The Hall–Kier alpha value is -4.01. The molecule has 8 heteroatoms. The van der Waals surface area contributed by atoms with E-state index in [2.05, 4.69) is 74.3 Å². The third-order valence-electron chi connectivity index (χ3n) is 8.74. The van der Waals surface area contributed by atoms with Gasteiger partial charge in [0.1, 0.15) is 0 Å². The Morgan fingerprint density at radius 3 is 2.71 bits per heavy atom. The van der Waals surface area contributed by atoms with Gasteiger partial charge in [-0.25, -0.2) is 9.97 Å². The van der Waals surface area contributed by atoms with Crippen molar-refractivity contribution in [3.63, 3.8) is 0 Å². The van der Waals surface area contributed by atoms with Gasteiger partial charge in [-0.15, -0.1) is 0 Å². The lowest BCUT2D eigenvalue weighted by Gasteiger charge is -2.36. The average Bonchev–Trinajstić information content (AvgIpc) is 3.25. The number of nitrogens with zero attached hydrogens (tertiary/aromatic N) is 5. The maximum absolute atomic E-state index is 13.9. The topological polar surface area (TPSA) is 77.6 Å². The van der Waals surface area contributed by atoms with Crippen LogP contribution in [0.2, 0.25) is 0 Å². The number of para-hydroxylation sites is 1. The third kappa shape index (κ3) is 5.13. The lowest BCUT2D eigenvalue weighted by atomic mass is 9.90. The minimum Gasteiger partial charge on any atom is -0.376 e. The summed E-state index contributed by atoms with van der Waals surface area (Å²) in [5.74, 6) is 0.740. The fourth-order valence-corrected chi connectivity index (χ4v) is 6.44. The molecule has 8 nitrogen and oxygen atoms in total. The van der Waals surface area contributed by atoms with Crippen LogP contribution in [0.1, 0.15) is 35.7 Å². The molecule has 7 rings (SSSR count). The first-order valence-corrected chi connectivity index (χ1v) is 14.7. The summed E-state index contributed by atoms with van der Waals surface area (Å²) in [5, 5.41) is 1.25. The monoisotopic (exact) mass is 548 g/mol. The van der Waals surface area contributed by atoms with E-state index in [1.54, 1.807) is 6.08 Å². The van der Waals surface area contributed by atoms with Crippen LogP contribution in [0.15, 0.2) is 77.7 Å². The number of ether oxygens (including phenoxy) is 1. The number of anilines is 1. The second kappa shape index (κ2) is 11.1. The van der Waals surface area contributed by atoms with Gasteiger partial charge in [-0.1, -0.05) is 36.4 Å². The van der Waals surface area contributed by atoms with Gasteiger partial charge in [0.25, 0.3) is 0 Å². The lowest BCUT2D eigenvalue weighted by Crippen LogP contribution is -2.45. The lowest BCUT2D eigenvalue weighted by molar-refractivity contribution is -0.128. The van der Waals surface area contributed by atoms with Crippen molar-refractivity contribution in [2.45, 2.75) is 25.3 Å². The van der Waals surface area contributed by atoms with Crippen LogP contribution in [-0.2, 0) is 16.0 Å². The summed E-state index contributed by atoms with van der Waals surface area (Å²) in [6.07, 6.45) is 16.5. The number of allylic oxidation sites excluding steroid dienone is 2. The quantitative estimate of drug-likeness (QED) is 0.486. The number of aromatic nitrogens is 3. The van der Waals surface area contributed by atoms with Crippen molar-refractivity contribution < 1.29 is 9.53 Å². The molecular weight excluding hydrogens is 512 g/mol. The molecular formula is C33H36N6O2. The van der Waals surface area contributed by atoms with Crippen molar-refractivity contribution in [3.05, 3.63) is 94.5 Å². The fourth-order valence-electron chi connectivity index (χ4n) is 6.44. The highest BCUT2D eigenvalue weighted by Gasteiger charge is 2.35. The second-order valence-corrected chi connectivity index (χ2v) is 11.3. The molecule has 41 heavy (non-hydrogen) atoms. The summed E-state index contributed by atoms with van der Waals surface area (Å²) in [6, 6.07) is 8.28. The highest BCUT2D eigenvalue weighted by atomic mass is 16.5. The van der Waals surface area contributed by atoms with E-state index in [0.717, 1.165) is 74.8 Å². The van der Waals surface area contributed by atoms with Crippen LogP contribution in [0.3, 0.4) is 0 Å². The maximum atomic E-state index is 13.9. The summed E-state index contributed by atoms with van der Waals surface area (Å²) >= 11 is 0. The van der Waals surface area contributed by atoms with E-state index < -0.39 is 0 Å². The minimum atomic E-state index is -0.178. The molecule has 0 unspecified atom stereocenters. The smallest absolute Gasteiger partial charge is 0.247 e. The number of H-pyrrole nitrogens is 1. The molecule has 0 bridgehead atoms. The van der Waals surface area contributed by atoms with E-state index in [-0.39, 0.29) is 11.9 Å². The van der Waals surface area contributed by atoms with E-state index in [4.69, 9.17) is 4.74 Å². The molecule has 0 spiro atoms. The summed E-state index contributed by atoms with van der Waals surface area (Å²) in [7, 11) is 2.14. The maximum Gasteiger partial charge on any atom is 0.247 e. The first kappa shape index (κ1) is 25.9. The number of hydrogen-bond donors (Lipinski definition) is 1. The van der Waals surface area contributed by atoms with Gasteiger partial charge in [-0.3, -0.25) is 4.79 Å².